The highest BCUT2D eigenvalue weighted by atomic mass is 16.5. The summed E-state index contributed by atoms with van der Waals surface area (Å²) in [6, 6.07) is 15.7. The molecular weight excluding hydrogens is 262 g/mol. The summed E-state index contributed by atoms with van der Waals surface area (Å²) in [5, 5.41) is 0. The van der Waals surface area contributed by atoms with Crippen LogP contribution in [0.3, 0.4) is 0 Å². The normalized spacial score (nSPS) is 12.2. The second-order valence-electron chi connectivity index (χ2n) is 5.22. The number of nitrogens with two attached hydrogens (primary N) is 1. The van der Waals surface area contributed by atoms with E-state index in [4.69, 9.17) is 15.2 Å². The molecule has 0 saturated carbocycles. The van der Waals surface area contributed by atoms with E-state index in [1.807, 2.05) is 69.3 Å². The average Bonchev–Trinajstić information content (AvgIpc) is 2.47. The van der Waals surface area contributed by atoms with Gasteiger partial charge in [0.25, 0.3) is 0 Å². The molecule has 0 spiro atoms. The molecule has 0 aromatic heterocycles. The molecule has 0 amide bonds. The average molecular weight is 285 g/mol. The lowest BCUT2D eigenvalue weighted by atomic mass is 9.99. The molecule has 0 aliphatic heterocycles. The molecule has 0 aliphatic carbocycles. The van der Waals surface area contributed by atoms with Gasteiger partial charge in [0, 0.05) is 0 Å². The first-order chi connectivity index (χ1) is 10.1. The number of benzene rings is 2. The Balaban J connectivity index is 2.16. The molecule has 0 saturated heterocycles. The van der Waals surface area contributed by atoms with Crippen LogP contribution in [-0.2, 0) is 0 Å². The summed E-state index contributed by atoms with van der Waals surface area (Å²) < 4.78 is 11.2. The van der Waals surface area contributed by atoms with Gasteiger partial charge < -0.3 is 15.2 Å². The van der Waals surface area contributed by atoms with Crippen molar-refractivity contribution in [2.45, 2.75) is 32.9 Å². The molecule has 2 N–H and O–H groups in total. The van der Waals surface area contributed by atoms with Crippen LogP contribution in [0, 0.1) is 0 Å². The van der Waals surface area contributed by atoms with E-state index in [-0.39, 0.29) is 12.1 Å². The van der Waals surface area contributed by atoms with Crippen molar-refractivity contribution in [2.24, 2.45) is 5.73 Å². The molecular formula is C18H23NO2. The molecule has 3 heteroatoms. The van der Waals surface area contributed by atoms with Crippen molar-refractivity contribution in [3.8, 4) is 11.5 Å². The topological polar surface area (TPSA) is 44.5 Å². The molecule has 21 heavy (non-hydrogen) atoms. The highest BCUT2D eigenvalue weighted by Gasteiger charge is 2.10. The van der Waals surface area contributed by atoms with Crippen molar-refractivity contribution in [3.63, 3.8) is 0 Å². The molecule has 2 aromatic rings. The molecule has 3 nitrogen and oxygen atoms in total. The molecule has 0 radical (unpaired) electrons. The van der Waals surface area contributed by atoms with E-state index < -0.39 is 0 Å². The Morgan fingerprint density at radius 2 is 1.67 bits per heavy atom. The van der Waals surface area contributed by atoms with Crippen LogP contribution in [-0.4, -0.2) is 12.7 Å². The molecule has 0 aliphatic rings. The van der Waals surface area contributed by atoms with E-state index in [1.165, 1.54) is 0 Å². The SMILES string of the molecule is CCOc1ccc(C(N)c2cccc(OC(C)C)c2)cc1. The Bertz CT molecular complexity index is 564. The third kappa shape index (κ3) is 4.23. The van der Waals surface area contributed by atoms with Crippen LogP contribution in [0.25, 0.3) is 0 Å². The van der Waals surface area contributed by atoms with E-state index in [2.05, 4.69) is 0 Å². The van der Waals surface area contributed by atoms with Crippen molar-refractivity contribution >= 4 is 0 Å². The number of ether oxygens (including phenoxy) is 2. The smallest absolute Gasteiger partial charge is 0.120 e. The highest BCUT2D eigenvalue weighted by Crippen LogP contribution is 2.25. The van der Waals surface area contributed by atoms with Crippen LogP contribution in [0.5, 0.6) is 11.5 Å². The first kappa shape index (κ1) is 15.4. The zero-order valence-corrected chi connectivity index (χ0v) is 12.9. The maximum atomic E-state index is 6.34. The van der Waals surface area contributed by atoms with E-state index in [0.29, 0.717) is 6.61 Å². The molecule has 2 aromatic carbocycles. The van der Waals surface area contributed by atoms with Gasteiger partial charge in [0.05, 0.1) is 18.8 Å². The standard InChI is InChI=1S/C18H23NO2/c1-4-20-16-10-8-14(9-11-16)18(19)15-6-5-7-17(12-15)21-13(2)3/h5-13,18H,4,19H2,1-3H3. The van der Waals surface area contributed by atoms with Crippen molar-refractivity contribution in [1.29, 1.82) is 0 Å². The van der Waals surface area contributed by atoms with Gasteiger partial charge in [-0.25, -0.2) is 0 Å². The Hall–Kier alpha value is -2.00. The molecule has 1 unspecified atom stereocenters. The lowest BCUT2D eigenvalue weighted by Gasteiger charge is -2.16. The molecule has 0 bridgehead atoms. The summed E-state index contributed by atoms with van der Waals surface area (Å²) in [5.41, 5.74) is 8.44. The summed E-state index contributed by atoms with van der Waals surface area (Å²) >= 11 is 0. The van der Waals surface area contributed by atoms with Crippen molar-refractivity contribution in [2.75, 3.05) is 6.61 Å². The lowest BCUT2D eigenvalue weighted by molar-refractivity contribution is 0.242. The second-order valence-corrected chi connectivity index (χ2v) is 5.22. The zero-order valence-electron chi connectivity index (χ0n) is 12.9. The molecule has 112 valence electrons. The molecule has 2 rings (SSSR count). The van der Waals surface area contributed by atoms with E-state index in [1.54, 1.807) is 0 Å². The number of hydrogen-bond acceptors (Lipinski definition) is 3. The predicted molar refractivity (Wildman–Crippen MR) is 85.8 cm³/mol. The highest BCUT2D eigenvalue weighted by molar-refractivity contribution is 5.38. The molecule has 0 heterocycles. The van der Waals surface area contributed by atoms with Crippen LogP contribution < -0.4 is 15.2 Å². The fraction of sp³-hybridized carbons (Fsp3) is 0.333. The maximum absolute atomic E-state index is 6.34. The van der Waals surface area contributed by atoms with Crippen LogP contribution in [0.15, 0.2) is 48.5 Å². The van der Waals surface area contributed by atoms with E-state index >= 15 is 0 Å². The minimum Gasteiger partial charge on any atom is -0.494 e. The molecule has 1 atom stereocenters. The molecule has 0 fully saturated rings. The number of rotatable bonds is 6. The van der Waals surface area contributed by atoms with Crippen LogP contribution >= 0.6 is 0 Å². The first-order valence-corrected chi connectivity index (χ1v) is 7.35. The second kappa shape index (κ2) is 7.14. The van der Waals surface area contributed by atoms with Gasteiger partial charge >= 0.3 is 0 Å². The summed E-state index contributed by atoms with van der Waals surface area (Å²) in [4.78, 5) is 0. The summed E-state index contributed by atoms with van der Waals surface area (Å²) in [7, 11) is 0. The lowest BCUT2D eigenvalue weighted by Crippen LogP contribution is -2.12. The Morgan fingerprint density at radius 1 is 0.952 bits per heavy atom. The van der Waals surface area contributed by atoms with E-state index in [9.17, 15) is 0 Å². The third-order valence-corrected chi connectivity index (χ3v) is 3.14. The van der Waals surface area contributed by atoms with Crippen molar-refractivity contribution < 1.29 is 9.47 Å². The van der Waals surface area contributed by atoms with Gasteiger partial charge in [0.2, 0.25) is 0 Å². The monoisotopic (exact) mass is 285 g/mol. The van der Waals surface area contributed by atoms with Crippen molar-refractivity contribution in [1.82, 2.24) is 0 Å². The summed E-state index contributed by atoms with van der Waals surface area (Å²) in [6.07, 6.45) is 0.155. The van der Waals surface area contributed by atoms with Crippen molar-refractivity contribution in [3.05, 3.63) is 59.7 Å². The minimum absolute atomic E-state index is 0.155. The van der Waals surface area contributed by atoms with Gasteiger partial charge in [0.1, 0.15) is 11.5 Å². The van der Waals surface area contributed by atoms with Crippen LogP contribution in [0.1, 0.15) is 37.9 Å². The Labute approximate surface area is 126 Å². The third-order valence-electron chi connectivity index (χ3n) is 3.14. The maximum Gasteiger partial charge on any atom is 0.120 e. The van der Waals surface area contributed by atoms with Gasteiger partial charge in [-0.05, 0) is 56.2 Å². The van der Waals surface area contributed by atoms with Gasteiger partial charge in [-0.1, -0.05) is 24.3 Å². The minimum atomic E-state index is -0.170. The van der Waals surface area contributed by atoms with Crippen LogP contribution in [0.2, 0.25) is 0 Å². The van der Waals surface area contributed by atoms with Gasteiger partial charge in [0.15, 0.2) is 0 Å². The first-order valence-electron chi connectivity index (χ1n) is 7.35. The fourth-order valence-corrected chi connectivity index (χ4v) is 2.18. The Kier molecular flexibility index (Phi) is 5.23. The van der Waals surface area contributed by atoms with Gasteiger partial charge in [-0.15, -0.1) is 0 Å². The fourth-order valence-electron chi connectivity index (χ4n) is 2.18. The predicted octanol–water partition coefficient (Wildman–Crippen LogP) is 3.92. The summed E-state index contributed by atoms with van der Waals surface area (Å²) in [6.45, 7) is 6.66. The Morgan fingerprint density at radius 3 is 2.29 bits per heavy atom. The van der Waals surface area contributed by atoms with Crippen LogP contribution in [0.4, 0.5) is 0 Å². The summed E-state index contributed by atoms with van der Waals surface area (Å²) in [5.74, 6) is 1.72. The van der Waals surface area contributed by atoms with E-state index in [0.717, 1.165) is 22.6 Å². The zero-order chi connectivity index (χ0) is 15.2. The largest absolute Gasteiger partial charge is 0.494 e. The van der Waals surface area contributed by atoms with Gasteiger partial charge in [-0.3, -0.25) is 0 Å². The number of hydrogen-bond donors (Lipinski definition) is 1. The van der Waals surface area contributed by atoms with Gasteiger partial charge in [-0.2, -0.15) is 0 Å². The quantitative estimate of drug-likeness (QED) is 0.875.